The molecule has 0 aromatic carbocycles. The number of hydrogen-bond acceptors (Lipinski definition) is 6. The van der Waals surface area contributed by atoms with Crippen molar-refractivity contribution in [3.05, 3.63) is 72.9 Å². The van der Waals surface area contributed by atoms with Gasteiger partial charge in [-0.15, -0.1) is 0 Å². The number of amides is 1. The van der Waals surface area contributed by atoms with E-state index in [1.807, 2.05) is 6.08 Å². The van der Waals surface area contributed by atoms with Crippen LogP contribution >= 0.6 is 7.82 Å². The van der Waals surface area contributed by atoms with Crippen molar-refractivity contribution in [2.24, 2.45) is 5.73 Å². The first-order chi connectivity index (χ1) is 25.9. The van der Waals surface area contributed by atoms with Crippen LogP contribution in [0.2, 0.25) is 0 Å². The monoisotopic (exact) mass is 763 g/mol. The van der Waals surface area contributed by atoms with Crippen LogP contribution in [0.4, 0.5) is 0 Å². The van der Waals surface area contributed by atoms with Gasteiger partial charge >= 0.3 is 7.82 Å². The van der Waals surface area contributed by atoms with Crippen molar-refractivity contribution >= 4 is 13.7 Å². The van der Waals surface area contributed by atoms with Crippen molar-refractivity contribution in [1.82, 2.24) is 5.32 Å². The Balaban J connectivity index is 4.30. The predicted molar refractivity (Wildman–Crippen MR) is 226 cm³/mol. The zero-order chi connectivity index (χ0) is 38.9. The number of hydrogen-bond donors (Lipinski definition) is 4. The van der Waals surface area contributed by atoms with Crippen molar-refractivity contribution in [1.29, 1.82) is 0 Å². The van der Waals surface area contributed by atoms with Crippen LogP contribution in [0.15, 0.2) is 72.9 Å². The van der Waals surface area contributed by atoms with E-state index in [2.05, 4.69) is 79.9 Å². The summed E-state index contributed by atoms with van der Waals surface area (Å²) in [6.45, 7) is 4.03. The molecule has 0 fully saturated rings. The summed E-state index contributed by atoms with van der Waals surface area (Å²) in [5, 5.41) is 13.6. The third-order valence-corrected chi connectivity index (χ3v) is 9.72. The molecule has 0 spiro atoms. The zero-order valence-electron chi connectivity index (χ0n) is 33.7. The number of phosphoric acid groups is 1. The maximum atomic E-state index is 12.7. The second-order valence-corrected chi connectivity index (χ2v) is 15.3. The molecule has 53 heavy (non-hydrogen) atoms. The molecule has 0 saturated carbocycles. The fourth-order valence-electron chi connectivity index (χ4n) is 5.52. The highest BCUT2D eigenvalue weighted by molar-refractivity contribution is 7.47. The molecular formula is C44H79N2O6P. The van der Waals surface area contributed by atoms with Crippen LogP contribution in [0, 0.1) is 0 Å². The summed E-state index contributed by atoms with van der Waals surface area (Å²) in [5.74, 6) is -0.225. The van der Waals surface area contributed by atoms with E-state index in [1.54, 1.807) is 6.08 Å². The van der Waals surface area contributed by atoms with Gasteiger partial charge in [-0.3, -0.25) is 13.8 Å². The largest absolute Gasteiger partial charge is 0.472 e. The first-order valence-electron chi connectivity index (χ1n) is 21.1. The summed E-state index contributed by atoms with van der Waals surface area (Å²) in [6, 6.07) is -0.893. The lowest BCUT2D eigenvalue weighted by Crippen LogP contribution is -2.45. The Morgan fingerprint density at radius 2 is 1.06 bits per heavy atom. The lowest BCUT2D eigenvalue weighted by molar-refractivity contribution is -0.123. The normalized spacial score (nSPS) is 14.9. The lowest BCUT2D eigenvalue weighted by atomic mass is 10.1. The molecule has 306 valence electrons. The number of phosphoric ester groups is 1. The molecule has 0 aliphatic heterocycles. The van der Waals surface area contributed by atoms with E-state index in [-0.39, 0.29) is 25.7 Å². The van der Waals surface area contributed by atoms with Crippen molar-refractivity contribution < 1.29 is 28.4 Å². The van der Waals surface area contributed by atoms with E-state index in [1.165, 1.54) is 70.6 Å². The van der Waals surface area contributed by atoms with Gasteiger partial charge in [0.15, 0.2) is 0 Å². The van der Waals surface area contributed by atoms with Gasteiger partial charge < -0.3 is 21.1 Å². The molecular weight excluding hydrogens is 683 g/mol. The van der Waals surface area contributed by atoms with Gasteiger partial charge in [-0.25, -0.2) is 4.57 Å². The molecule has 0 rings (SSSR count). The number of aliphatic hydroxyl groups is 1. The van der Waals surface area contributed by atoms with Crippen LogP contribution in [0.3, 0.4) is 0 Å². The Labute approximate surface area is 325 Å². The SMILES string of the molecule is CCCCC/C=C/CC/C=C/CC/C=C/C(O)C(COP(=O)(O)OCCN)NC(=O)CCCCCCCC/C=C\C/C=C\C/C=C\CCCCCCC. The Morgan fingerprint density at radius 3 is 1.62 bits per heavy atom. The number of unbranched alkanes of at least 4 members (excludes halogenated alkanes) is 16. The van der Waals surface area contributed by atoms with Crippen LogP contribution < -0.4 is 11.1 Å². The highest BCUT2D eigenvalue weighted by Gasteiger charge is 2.26. The molecule has 3 atom stereocenters. The zero-order valence-corrected chi connectivity index (χ0v) is 34.6. The second-order valence-electron chi connectivity index (χ2n) is 13.8. The van der Waals surface area contributed by atoms with E-state index in [0.29, 0.717) is 6.42 Å². The molecule has 0 aliphatic carbocycles. The van der Waals surface area contributed by atoms with Crippen molar-refractivity contribution in [3.63, 3.8) is 0 Å². The molecule has 5 N–H and O–H groups in total. The third kappa shape index (κ3) is 38.0. The van der Waals surface area contributed by atoms with Crippen molar-refractivity contribution in [3.8, 4) is 0 Å². The Bertz CT molecular complexity index is 1050. The van der Waals surface area contributed by atoms with Gasteiger partial charge in [0.2, 0.25) is 5.91 Å². The number of carbonyl (C=O) groups is 1. The lowest BCUT2D eigenvalue weighted by Gasteiger charge is -2.23. The van der Waals surface area contributed by atoms with Gasteiger partial charge in [-0.05, 0) is 83.5 Å². The minimum Gasteiger partial charge on any atom is -0.387 e. The first-order valence-corrected chi connectivity index (χ1v) is 22.6. The van der Waals surface area contributed by atoms with E-state index < -0.39 is 20.0 Å². The molecule has 8 nitrogen and oxygen atoms in total. The minimum atomic E-state index is -4.36. The average molecular weight is 763 g/mol. The Kier molecular flexibility index (Phi) is 38.1. The number of aliphatic hydroxyl groups excluding tert-OH is 1. The number of carbonyl (C=O) groups excluding carboxylic acids is 1. The second kappa shape index (κ2) is 39.6. The third-order valence-electron chi connectivity index (χ3n) is 8.73. The molecule has 0 aromatic heterocycles. The summed E-state index contributed by atoms with van der Waals surface area (Å²) >= 11 is 0. The molecule has 0 heterocycles. The van der Waals surface area contributed by atoms with Gasteiger partial charge in [0.1, 0.15) is 0 Å². The van der Waals surface area contributed by atoms with Gasteiger partial charge in [0, 0.05) is 13.0 Å². The van der Waals surface area contributed by atoms with Gasteiger partial charge in [0.25, 0.3) is 0 Å². The van der Waals surface area contributed by atoms with E-state index in [0.717, 1.165) is 77.0 Å². The van der Waals surface area contributed by atoms with Crippen LogP contribution in [0.25, 0.3) is 0 Å². The smallest absolute Gasteiger partial charge is 0.387 e. The summed E-state index contributed by atoms with van der Waals surface area (Å²) in [5.41, 5.74) is 5.36. The summed E-state index contributed by atoms with van der Waals surface area (Å²) in [4.78, 5) is 22.7. The topological polar surface area (TPSA) is 131 Å². The van der Waals surface area contributed by atoms with Crippen LogP contribution in [0.1, 0.15) is 168 Å². The Morgan fingerprint density at radius 1 is 0.623 bits per heavy atom. The number of rotatable bonds is 38. The summed E-state index contributed by atoms with van der Waals surface area (Å²) in [7, 11) is -4.36. The predicted octanol–water partition coefficient (Wildman–Crippen LogP) is 11.7. The molecule has 3 unspecified atom stereocenters. The molecule has 0 radical (unpaired) electrons. The Hall–Kier alpha value is -2.06. The molecule has 0 aliphatic rings. The van der Waals surface area contributed by atoms with Gasteiger partial charge in [-0.2, -0.15) is 0 Å². The maximum Gasteiger partial charge on any atom is 0.472 e. The quantitative estimate of drug-likeness (QED) is 0.0280. The number of nitrogens with one attached hydrogen (secondary N) is 1. The summed E-state index contributed by atoms with van der Waals surface area (Å²) in [6.07, 6.45) is 50.9. The minimum absolute atomic E-state index is 0.0658. The molecule has 0 saturated heterocycles. The van der Waals surface area contributed by atoms with Gasteiger partial charge in [0.05, 0.1) is 25.4 Å². The summed E-state index contributed by atoms with van der Waals surface area (Å²) < 4.78 is 22.1. The first kappa shape index (κ1) is 50.9. The highest BCUT2D eigenvalue weighted by Crippen LogP contribution is 2.43. The van der Waals surface area contributed by atoms with E-state index >= 15 is 0 Å². The van der Waals surface area contributed by atoms with E-state index in [4.69, 9.17) is 14.8 Å². The molecule has 0 bridgehead atoms. The van der Waals surface area contributed by atoms with Crippen LogP contribution in [-0.4, -0.2) is 47.8 Å². The number of allylic oxidation sites excluding steroid dienone is 11. The van der Waals surface area contributed by atoms with Gasteiger partial charge in [-0.1, -0.05) is 151 Å². The molecule has 0 aromatic rings. The fraction of sp³-hybridized carbons (Fsp3) is 0.705. The van der Waals surface area contributed by atoms with Crippen molar-refractivity contribution in [2.45, 2.75) is 180 Å². The average Bonchev–Trinajstić information content (AvgIpc) is 3.14. The standard InChI is InChI=1S/C44H79N2O6P/c1-3-5-7-9-11-13-15-17-18-19-20-21-22-23-24-26-28-30-32-34-36-38-44(48)46-42(41-52-53(49,50)51-40-39-45)43(47)37-35-33-31-29-27-25-16-14-12-10-8-6-4-2/h12,14-15,17,19-20,22-23,27,29,35,37,42-43,47H,3-11,13,16,18,21,24-26,28,30-34,36,38-41,45H2,1-2H3,(H,46,48)(H,49,50)/b14-12+,17-15-,20-19-,23-22-,29-27+,37-35+. The maximum absolute atomic E-state index is 12.7. The molecule has 9 heteroatoms. The fourth-order valence-corrected chi connectivity index (χ4v) is 6.28. The van der Waals surface area contributed by atoms with Crippen molar-refractivity contribution in [2.75, 3.05) is 19.8 Å². The van der Waals surface area contributed by atoms with E-state index in [9.17, 15) is 19.4 Å². The highest BCUT2D eigenvalue weighted by atomic mass is 31.2. The van der Waals surface area contributed by atoms with Crippen LogP contribution in [-0.2, 0) is 18.4 Å². The molecule has 1 amide bonds. The van der Waals surface area contributed by atoms with Crippen LogP contribution in [0.5, 0.6) is 0 Å². The number of nitrogens with two attached hydrogens (primary N) is 1.